The Bertz CT molecular complexity index is 367. The zero-order chi connectivity index (χ0) is 13.0. The molecule has 1 unspecified atom stereocenters. The fraction of sp³-hybridized carbons (Fsp3) is 0.769. The summed E-state index contributed by atoms with van der Waals surface area (Å²) in [5, 5.41) is 6.71. The molecule has 2 rings (SSSR count). The minimum absolute atomic E-state index is 0.310. The minimum atomic E-state index is 0.310. The Morgan fingerprint density at radius 2 is 2.44 bits per heavy atom. The highest BCUT2D eigenvalue weighted by Crippen LogP contribution is 2.22. The number of nitrogens with one attached hydrogen (secondary N) is 1. The van der Waals surface area contributed by atoms with Crippen LogP contribution in [0.15, 0.2) is 5.38 Å². The van der Waals surface area contributed by atoms with E-state index in [1.54, 1.807) is 11.3 Å². The molecule has 1 atom stereocenters. The Balaban J connectivity index is 1.85. The summed E-state index contributed by atoms with van der Waals surface area (Å²) < 4.78 is 5.55. The van der Waals surface area contributed by atoms with E-state index in [2.05, 4.69) is 36.4 Å². The van der Waals surface area contributed by atoms with Crippen LogP contribution in [0.1, 0.15) is 26.5 Å². The van der Waals surface area contributed by atoms with Crippen LogP contribution in [-0.2, 0) is 11.3 Å². The number of nitrogens with zero attached hydrogens (tertiary/aromatic N) is 2. The van der Waals surface area contributed by atoms with E-state index in [-0.39, 0.29) is 0 Å². The molecule has 0 aliphatic carbocycles. The third-order valence-electron chi connectivity index (χ3n) is 2.91. The second kappa shape index (κ2) is 6.50. The molecule has 0 amide bonds. The quantitative estimate of drug-likeness (QED) is 0.888. The van der Waals surface area contributed by atoms with Gasteiger partial charge in [-0.25, -0.2) is 4.98 Å². The number of hydrogen-bond acceptors (Lipinski definition) is 5. The SMILES string of the molecule is CC(C)CNCc1csc(N2CCOC(C)C2)n1. The van der Waals surface area contributed by atoms with Crippen LogP contribution in [-0.4, -0.2) is 37.3 Å². The van der Waals surface area contributed by atoms with Crippen molar-refractivity contribution in [2.24, 2.45) is 5.92 Å². The van der Waals surface area contributed by atoms with Gasteiger partial charge in [-0.3, -0.25) is 0 Å². The Morgan fingerprint density at radius 1 is 1.61 bits per heavy atom. The Kier molecular flexibility index (Phi) is 4.97. The van der Waals surface area contributed by atoms with Crippen molar-refractivity contribution in [1.29, 1.82) is 0 Å². The predicted molar refractivity (Wildman–Crippen MR) is 76.3 cm³/mol. The monoisotopic (exact) mass is 269 g/mol. The fourth-order valence-electron chi connectivity index (χ4n) is 2.00. The minimum Gasteiger partial charge on any atom is -0.375 e. The zero-order valence-electron chi connectivity index (χ0n) is 11.5. The first-order valence-corrected chi connectivity index (χ1v) is 7.55. The van der Waals surface area contributed by atoms with Gasteiger partial charge in [0.15, 0.2) is 5.13 Å². The van der Waals surface area contributed by atoms with Crippen molar-refractivity contribution in [2.45, 2.75) is 33.4 Å². The fourth-order valence-corrected chi connectivity index (χ4v) is 2.87. The second-order valence-corrected chi connectivity index (χ2v) is 6.11. The summed E-state index contributed by atoms with van der Waals surface area (Å²) in [4.78, 5) is 7.02. The maximum Gasteiger partial charge on any atom is 0.185 e. The van der Waals surface area contributed by atoms with Gasteiger partial charge in [-0.1, -0.05) is 13.8 Å². The number of rotatable bonds is 5. The molecule has 1 N–H and O–H groups in total. The second-order valence-electron chi connectivity index (χ2n) is 5.27. The van der Waals surface area contributed by atoms with Crippen molar-refractivity contribution < 1.29 is 4.74 Å². The van der Waals surface area contributed by atoms with Gasteiger partial charge in [-0.05, 0) is 19.4 Å². The normalized spacial score (nSPS) is 20.7. The molecule has 1 aliphatic rings. The van der Waals surface area contributed by atoms with Crippen LogP contribution < -0.4 is 10.2 Å². The molecule has 4 nitrogen and oxygen atoms in total. The molecule has 1 saturated heterocycles. The van der Waals surface area contributed by atoms with Crippen molar-refractivity contribution in [3.63, 3.8) is 0 Å². The highest BCUT2D eigenvalue weighted by atomic mass is 32.1. The van der Waals surface area contributed by atoms with Gasteiger partial charge in [0.05, 0.1) is 18.4 Å². The molecule has 1 aliphatic heterocycles. The van der Waals surface area contributed by atoms with Gasteiger partial charge in [-0.2, -0.15) is 0 Å². The predicted octanol–water partition coefficient (Wildman–Crippen LogP) is 2.11. The third kappa shape index (κ3) is 3.93. The Morgan fingerprint density at radius 3 is 3.17 bits per heavy atom. The van der Waals surface area contributed by atoms with E-state index in [9.17, 15) is 0 Å². The standard InChI is InChI=1S/C13H23N3OS/c1-10(2)6-14-7-12-9-18-13(15-12)16-4-5-17-11(3)8-16/h9-11,14H,4-8H2,1-3H3. The van der Waals surface area contributed by atoms with E-state index < -0.39 is 0 Å². The molecular formula is C13H23N3OS. The van der Waals surface area contributed by atoms with E-state index in [1.165, 1.54) is 0 Å². The lowest BCUT2D eigenvalue weighted by molar-refractivity contribution is 0.0532. The van der Waals surface area contributed by atoms with Gasteiger partial charge in [0.1, 0.15) is 0 Å². The number of ether oxygens (including phenoxy) is 1. The van der Waals surface area contributed by atoms with Crippen molar-refractivity contribution in [3.8, 4) is 0 Å². The molecule has 18 heavy (non-hydrogen) atoms. The number of thiazole rings is 1. The highest BCUT2D eigenvalue weighted by molar-refractivity contribution is 7.13. The molecule has 0 saturated carbocycles. The van der Waals surface area contributed by atoms with Gasteiger partial charge >= 0.3 is 0 Å². The van der Waals surface area contributed by atoms with Gasteiger partial charge in [0, 0.05) is 25.0 Å². The van der Waals surface area contributed by atoms with E-state index in [1.807, 2.05) is 0 Å². The average molecular weight is 269 g/mol. The van der Waals surface area contributed by atoms with E-state index in [4.69, 9.17) is 9.72 Å². The van der Waals surface area contributed by atoms with Crippen LogP contribution in [0.5, 0.6) is 0 Å². The largest absolute Gasteiger partial charge is 0.375 e. The topological polar surface area (TPSA) is 37.4 Å². The van der Waals surface area contributed by atoms with Crippen LogP contribution in [0.25, 0.3) is 0 Å². The molecule has 1 aromatic heterocycles. The van der Waals surface area contributed by atoms with Gasteiger partial charge in [0.25, 0.3) is 0 Å². The van der Waals surface area contributed by atoms with Gasteiger partial charge < -0.3 is 15.0 Å². The van der Waals surface area contributed by atoms with Crippen LogP contribution in [0.2, 0.25) is 0 Å². The van der Waals surface area contributed by atoms with Crippen LogP contribution in [0.4, 0.5) is 5.13 Å². The van der Waals surface area contributed by atoms with Crippen molar-refractivity contribution in [1.82, 2.24) is 10.3 Å². The number of hydrogen-bond donors (Lipinski definition) is 1. The first kappa shape index (κ1) is 13.8. The van der Waals surface area contributed by atoms with Crippen molar-refractivity contribution in [3.05, 3.63) is 11.1 Å². The van der Waals surface area contributed by atoms with E-state index >= 15 is 0 Å². The summed E-state index contributed by atoms with van der Waals surface area (Å²) in [7, 11) is 0. The molecule has 0 bridgehead atoms. The first-order chi connectivity index (χ1) is 8.65. The molecular weight excluding hydrogens is 246 g/mol. The Labute approximate surface area is 113 Å². The van der Waals surface area contributed by atoms with Gasteiger partial charge in [0.2, 0.25) is 0 Å². The molecule has 1 aromatic rings. The number of aromatic nitrogens is 1. The highest BCUT2D eigenvalue weighted by Gasteiger charge is 2.19. The molecule has 2 heterocycles. The lowest BCUT2D eigenvalue weighted by Crippen LogP contribution is -2.41. The van der Waals surface area contributed by atoms with Crippen LogP contribution in [0.3, 0.4) is 0 Å². The summed E-state index contributed by atoms with van der Waals surface area (Å²) in [5.74, 6) is 0.684. The molecule has 5 heteroatoms. The van der Waals surface area contributed by atoms with Crippen molar-refractivity contribution in [2.75, 3.05) is 31.1 Å². The zero-order valence-corrected chi connectivity index (χ0v) is 12.3. The smallest absolute Gasteiger partial charge is 0.185 e. The van der Waals surface area contributed by atoms with E-state index in [0.29, 0.717) is 12.0 Å². The Hall–Kier alpha value is -0.650. The maximum atomic E-state index is 5.55. The van der Waals surface area contributed by atoms with Crippen LogP contribution in [0, 0.1) is 5.92 Å². The third-order valence-corrected chi connectivity index (χ3v) is 3.86. The van der Waals surface area contributed by atoms with Gasteiger partial charge in [-0.15, -0.1) is 11.3 Å². The summed E-state index contributed by atoms with van der Waals surface area (Å²) >= 11 is 1.74. The lowest BCUT2D eigenvalue weighted by atomic mass is 10.2. The number of anilines is 1. The number of morpholine rings is 1. The average Bonchev–Trinajstić information content (AvgIpc) is 2.77. The molecule has 0 aromatic carbocycles. The van der Waals surface area contributed by atoms with Crippen LogP contribution >= 0.6 is 11.3 Å². The van der Waals surface area contributed by atoms with E-state index in [0.717, 1.165) is 43.6 Å². The molecule has 102 valence electrons. The first-order valence-electron chi connectivity index (χ1n) is 6.67. The molecule has 0 radical (unpaired) electrons. The van der Waals surface area contributed by atoms with Crippen molar-refractivity contribution >= 4 is 16.5 Å². The molecule has 0 spiro atoms. The summed E-state index contributed by atoms with van der Waals surface area (Å²) in [6, 6.07) is 0. The summed E-state index contributed by atoms with van der Waals surface area (Å²) in [5.41, 5.74) is 1.15. The lowest BCUT2D eigenvalue weighted by Gasteiger charge is -2.30. The summed E-state index contributed by atoms with van der Waals surface area (Å²) in [6.45, 7) is 11.2. The maximum absolute atomic E-state index is 5.55. The summed E-state index contributed by atoms with van der Waals surface area (Å²) in [6.07, 6.45) is 0.310. The molecule has 1 fully saturated rings.